The van der Waals surface area contributed by atoms with Gasteiger partial charge in [0.25, 0.3) is 0 Å². The number of aryl methyl sites for hydroxylation is 2. The van der Waals surface area contributed by atoms with Crippen LogP contribution in [-0.2, 0) is 26.1 Å². The first-order chi connectivity index (χ1) is 17.6. The van der Waals surface area contributed by atoms with Crippen LogP contribution in [0.4, 0.5) is 4.39 Å². The number of methoxy groups -OCH3 is 1. The van der Waals surface area contributed by atoms with E-state index in [0.29, 0.717) is 50.7 Å². The predicted octanol–water partition coefficient (Wildman–Crippen LogP) is 4.99. The highest BCUT2D eigenvalue weighted by atomic mass is 35.5. The van der Waals surface area contributed by atoms with Gasteiger partial charge < -0.3 is 19.0 Å². The Morgan fingerprint density at radius 1 is 0.973 bits per heavy atom. The zero-order valence-corrected chi connectivity index (χ0v) is 22.0. The number of rotatable bonds is 6. The number of nitrogens with zero attached hydrogens (tertiary/aromatic N) is 5. The second-order valence-corrected chi connectivity index (χ2v) is 9.54. The minimum Gasteiger partial charge on any atom is -0.481 e. The molecule has 190 valence electrons. The molecular formula is C28H27ClFN5O2. The molecule has 0 saturated heterocycles. The van der Waals surface area contributed by atoms with Crippen molar-refractivity contribution in [1.29, 1.82) is 0 Å². The van der Waals surface area contributed by atoms with E-state index in [0.717, 1.165) is 17.2 Å². The van der Waals surface area contributed by atoms with Crippen LogP contribution in [0.2, 0.25) is 5.02 Å². The van der Waals surface area contributed by atoms with E-state index in [2.05, 4.69) is 15.0 Å². The van der Waals surface area contributed by atoms with Crippen molar-refractivity contribution in [2.24, 2.45) is 14.1 Å². The molecule has 0 unspecified atom stereocenters. The Bertz CT molecular complexity index is 1580. The summed E-state index contributed by atoms with van der Waals surface area (Å²) >= 11 is 6.98. The van der Waals surface area contributed by atoms with E-state index in [1.165, 1.54) is 12.1 Å². The Labute approximate surface area is 219 Å². The predicted molar refractivity (Wildman–Crippen MR) is 141 cm³/mol. The molecule has 7 nitrogen and oxygen atoms in total. The Balaban J connectivity index is 1.74. The molecule has 3 aromatic heterocycles. The van der Waals surface area contributed by atoms with Gasteiger partial charge in [0.15, 0.2) is 5.60 Å². The largest absolute Gasteiger partial charge is 0.481 e. The molecule has 5 rings (SSSR count). The average molecular weight is 520 g/mol. The maximum absolute atomic E-state index is 13.5. The van der Waals surface area contributed by atoms with Crippen molar-refractivity contribution in [3.8, 4) is 5.88 Å². The van der Waals surface area contributed by atoms with Gasteiger partial charge >= 0.3 is 0 Å². The molecule has 0 amide bonds. The second-order valence-electron chi connectivity index (χ2n) is 9.16. The van der Waals surface area contributed by atoms with Gasteiger partial charge in [0.1, 0.15) is 17.5 Å². The zero-order valence-electron chi connectivity index (χ0n) is 21.3. The van der Waals surface area contributed by atoms with Gasteiger partial charge in [-0.15, -0.1) is 0 Å². The fraction of sp³-hybridized carbons (Fsp3) is 0.250. The van der Waals surface area contributed by atoms with Gasteiger partial charge in [-0.05, 0) is 49.2 Å². The number of aliphatic hydroxyl groups is 1. The number of ether oxygens (including phenoxy) is 1. The summed E-state index contributed by atoms with van der Waals surface area (Å²) in [5.74, 6) is 1.62. The van der Waals surface area contributed by atoms with E-state index in [-0.39, 0.29) is 5.82 Å². The number of aromatic nitrogens is 5. The van der Waals surface area contributed by atoms with Gasteiger partial charge in [0.05, 0.1) is 41.4 Å². The highest BCUT2D eigenvalue weighted by Crippen LogP contribution is 2.41. The third-order valence-corrected chi connectivity index (χ3v) is 7.50. The molecule has 0 aliphatic heterocycles. The minimum absolute atomic E-state index is 0.307. The van der Waals surface area contributed by atoms with Crippen LogP contribution < -0.4 is 4.74 Å². The van der Waals surface area contributed by atoms with Crippen LogP contribution in [0, 0.1) is 19.7 Å². The Kier molecular flexibility index (Phi) is 6.25. The molecule has 0 spiro atoms. The van der Waals surface area contributed by atoms with Crippen LogP contribution in [-0.4, -0.2) is 36.3 Å². The molecule has 0 aliphatic rings. The lowest BCUT2D eigenvalue weighted by Gasteiger charge is -2.30. The summed E-state index contributed by atoms with van der Waals surface area (Å²) in [6, 6.07) is 11.7. The zero-order chi connectivity index (χ0) is 26.5. The molecule has 0 fully saturated rings. The van der Waals surface area contributed by atoms with Crippen LogP contribution in [0.5, 0.6) is 5.88 Å². The average Bonchev–Trinajstić information content (AvgIpc) is 3.42. The van der Waals surface area contributed by atoms with Crippen molar-refractivity contribution < 1.29 is 14.2 Å². The summed E-state index contributed by atoms with van der Waals surface area (Å²) < 4.78 is 22.7. The van der Waals surface area contributed by atoms with Gasteiger partial charge in [0.2, 0.25) is 5.88 Å². The van der Waals surface area contributed by atoms with Crippen molar-refractivity contribution in [1.82, 2.24) is 24.1 Å². The number of hydrogen-bond donors (Lipinski definition) is 1. The number of imidazole rings is 2. The third-order valence-electron chi connectivity index (χ3n) is 7.07. The molecular weight excluding hydrogens is 493 g/mol. The van der Waals surface area contributed by atoms with Crippen molar-refractivity contribution in [2.75, 3.05) is 7.11 Å². The topological polar surface area (TPSA) is 78.0 Å². The van der Waals surface area contributed by atoms with Crippen molar-refractivity contribution in [3.63, 3.8) is 0 Å². The standard InChI is InChI=1S/C28H27ClFN5O2/c1-16-31-14-24(34(16)3)28(36,25-15-32-17(2)35(25)4)19-8-11-23-21(13-19)26(29)22(27(33-23)37-5)12-18-6-9-20(30)10-7-18/h6-11,13-15,36H,12H2,1-5H3. The molecule has 5 aromatic rings. The SMILES string of the molecule is COc1nc2ccc(C(O)(c3cnc(C)n3C)c3cnc(C)n3C)cc2c(Cl)c1Cc1ccc(F)cc1. The monoisotopic (exact) mass is 519 g/mol. The number of hydrogen-bond acceptors (Lipinski definition) is 5. The maximum atomic E-state index is 13.5. The van der Waals surface area contributed by atoms with Crippen LogP contribution in [0.3, 0.4) is 0 Å². The summed E-state index contributed by atoms with van der Waals surface area (Å²) in [4.78, 5) is 13.5. The van der Waals surface area contributed by atoms with Crippen LogP contribution in [0.1, 0.15) is 39.7 Å². The van der Waals surface area contributed by atoms with Crippen molar-refractivity contribution >= 4 is 22.5 Å². The minimum atomic E-state index is -1.57. The Morgan fingerprint density at radius 2 is 1.57 bits per heavy atom. The first kappa shape index (κ1) is 24.9. The summed E-state index contributed by atoms with van der Waals surface area (Å²) in [5, 5.41) is 13.6. The lowest BCUT2D eigenvalue weighted by Crippen LogP contribution is -2.33. The third kappa shape index (κ3) is 4.06. The highest BCUT2D eigenvalue weighted by molar-refractivity contribution is 6.36. The molecule has 0 saturated carbocycles. The van der Waals surface area contributed by atoms with E-state index < -0.39 is 5.60 Å². The summed E-state index contributed by atoms with van der Waals surface area (Å²) in [6.07, 6.45) is 3.76. The summed E-state index contributed by atoms with van der Waals surface area (Å²) in [5.41, 5.74) is 2.38. The fourth-order valence-electron chi connectivity index (χ4n) is 4.70. The normalized spacial score (nSPS) is 11.9. The van der Waals surface area contributed by atoms with Crippen molar-refractivity contribution in [3.05, 3.63) is 105 Å². The Hall–Kier alpha value is -3.75. The van der Waals surface area contributed by atoms with Gasteiger partial charge in [-0.2, -0.15) is 0 Å². The molecule has 0 atom stereocenters. The molecule has 37 heavy (non-hydrogen) atoms. The fourth-order valence-corrected chi connectivity index (χ4v) is 5.00. The quantitative estimate of drug-likeness (QED) is 0.342. The molecule has 0 bridgehead atoms. The summed E-state index contributed by atoms with van der Waals surface area (Å²) in [6.45, 7) is 3.77. The van der Waals surface area contributed by atoms with E-state index in [1.807, 2.05) is 55.3 Å². The number of pyridine rings is 1. The second kappa shape index (κ2) is 9.28. The number of halogens is 2. The van der Waals surface area contributed by atoms with E-state index in [4.69, 9.17) is 16.3 Å². The van der Waals surface area contributed by atoms with E-state index in [9.17, 15) is 9.50 Å². The molecule has 1 N–H and O–H groups in total. The Morgan fingerprint density at radius 3 is 2.08 bits per heavy atom. The number of benzene rings is 2. The van der Waals surface area contributed by atoms with Crippen LogP contribution >= 0.6 is 11.6 Å². The van der Waals surface area contributed by atoms with E-state index in [1.54, 1.807) is 31.6 Å². The molecule has 2 aromatic carbocycles. The molecule has 0 aliphatic carbocycles. The van der Waals surface area contributed by atoms with Gasteiger partial charge in [-0.3, -0.25) is 0 Å². The molecule has 9 heteroatoms. The van der Waals surface area contributed by atoms with Gasteiger partial charge in [-0.25, -0.2) is 19.3 Å². The first-order valence-corrected chi connectivity index (χ1v) is 12.1. The smallest absolute Gasteiger partial charge is 0.218 e. The van der Waals surface area contributed by atoms with Crippen LogP contribution in [0.15, 0.2) is 54.9 Å². The van der Waals surface area contributed by atoms with Gasteiger partial charge in [0, 0.05) is 31.5 Å². The van der Waals surface area contributed by atoms with Crippen LogP contribution in [0.25, 0.3) is 10.9 Å². The molecule has 0 radical (unpaired) electrons. The maximum Gasteiger partial charge on any atom is 0.218 e. The van der Waals surface area contributed by atoms with E-state index >= 15 is 0 Å². The van der Waals surface area contributed by atoms with Crippen molar-refractivity contribution in [2.45, 2.75) is 25.9 Å². The summed E-state index contributed by atoms with van der Waals surface area (Å²) in [7, 11) is 5.28. The molecule has 3 heterocycles. The number of fused-ring (bicyclic) bond motifs is 1. The highest BCUT2D eigenvalue weighted by Gasteiger charge is 2.40. The first-order valence-electron chi connectivity index (χ1n) is 11.8. The van der Waals surface area contributed by atoms with Gasteiger partial charge in [-0.1, -0.05) is 29.8 Å². The lowest BCUT2D eigenvalue weighted by molar-refractivity contribution is 0.109. The lowest BCUT2D eigenvalue weighted by atomic mass is 9.86.